The molecule has 1 unspecified atom stereocenters. The lowest BCUT2D eigenvalue weighted by Crippen LogP contribution is -2.48. The number of benzene rings is 1. The zero-order valence-electron chi connectivity index (χ0n) is 20.9. The van der Waals surface area contributed by atoms with Crippen LogP contribution in [-0.4, -0.2) is 71.3 Å². The van der Waals surface area contributed by atoms with Crippen LogP contribution in [0.25, 0.3) is 16.6 Å². The molecule has 0 amide bonds. The molecule has 1 aromatic carbocycles. The maximum atomic E-state index is 4.64. The first-order valence-electron chi connectivity index (χ1n) is 13.4. The predicted octanol–water partition coefficient (Wildman–Crippen LogP) is 5.12. The molecule has 1 aliphatic carbocycles. The molecule has 34 heavy (non-hydrogen) atoms. The fraction of sp³-hybridized carbons (Fsp3) is 0.552. The van der Waals surface area contributed by atoms with Gasteiger partial charge in [0.1, 0.15) is 0 Å². The van der Waals surface area contributed by atoms with Crippen molar-refractivity contribution >= 4 is 11.2 Å². The van der Waals surface area contributed by atoms with Crippen molar-refractivity contribution in [3.05, 3.63) is 54.4 Å². The fourth-order valence-electron chi connectivity index (χ4n) is 6.11. The van der Waals surface area contributed by atoms with Gasteiger partial charge in [-0.15, -0.1) is 0 Å². The zero-order valence-corrected chi connectivity index (χ0v) is 20.9. The Labute approximate surface area is 204 Å². The third-order valence-electron chi connectivity index (χ3n) is 8.61. The van der Waals surface area contributed by atoms with Gasteiger partial charge in [0, 0.05) is 63.3 Å². The molecule has 0 spiro atoms. The molecule has 1 atom stereocenters. The molecule has 3 aliphatic rings. The molecule has 180 valence electrons. The van der Waals surface area contributed by atoms with Crippen LogP contribution in [0, 0.1) is 5.92 Å². The highest BCUT2D eigenvalue weighted by Crippen LogP contribution is 2.33. The Hall–Kier alpha value is -2.37. The first-order chi connectivity index (χ1) is 16.6. The van der Waals surface area contributed by atoms with E-state index in [1.54, 1.807) is 0 Å². The third kappa shape index (κ3) is 4.36. The summed E-state index contributed by atoms with van der Waals surface area (Å²) in [6.07, 6.45) is 9.74. The lowest BCUT2D eigenvalue weighted by Gasteiger charge is -2.39. The van der Waals surface area contributed by atoms with Crippen molar-refractivity contribution < 1.29 is 0 Å². The van der Waals surface area contributed by atoms with Gasteiger partial charge in [0.15, 0.2) is 0 Å². The molecule has 2 aliphatic heterocycles. The Morgan fingerprint density at radius 2 is 1.71 bits per heavy atom. The summed E-state index contributed by atoms with van der Waals surface area (Å²) in [5.74, 6) is 1.63. The van der Waals surface area contributed by atoms with Crippen molar-refractivity contribution in [3.8, 4) is 11.1 Å². The summed E-state index contributed by atoms with van der Waals surface area (Å²) in [6.45, 7) is 12.9. The smallest absolute Gasteiger partial charge is 0.0886 e. The lowest BCUT2D eigenvalue weighted by atomic mass is 9.85. The molecule has 4 heterocycles. The van der Waals surface area contributed by atoms with E-state index >= 15 is 0 Å². The molecule has 0 bridgehead atoms. The molecular formula is C29H39N5. The largest absolute Gasteiger partial charge is 0.367 e. The van der Waals surface area contributed by atoms with Crippen molar-refractivity contribution in [2.45, 2.75) is 51.5 Å². The van der Waals surface area contributed by atoms with Crippen molar-refractivity contribution in [3.63, 3.8) is 0 Å². The molecular weight excluding hydrogens is 418 g/mol. The summed E-state index contributed by atoms with van der Waals surface area (Å²) >= 11 is 0. The number of hydrogen-bond acceptors (Lipinski definition) is 4. The van der Waals surface area contributed by atoms with Crippen molar-refractivity contribution in [1.29, 1.82) is 0 Å². The van der Waals surface area contributed by atoms with Crippen LogP contribution < -0.4 is 4.90 Å². The van der Waals surface area contributed by atoms with Gasteiger partial charge < -0.3 is 9.80 Å². The van der Waals surface area contributed by atoms with Gasteiger partial charge in [-0.1, -0.05) is 30.7 Å². The van der Waals surface area contributed by atoms with Crippen LogP contribution in [0.4, 0.5) is 5.69 Å². The number of anilines is 1. The van der Waals surface area contributed by atoms with E-state index < -0.39 is 0 Å². The lowest BCUT2D eigenvalue weighted by molar-refractivity contribution is 0.170. The second kappa shape index (κ2) is 9.35. The standard InChI is InChI=1S/C29H39N5/c1-22(2)33-13-11-26(20-33)24-6-8-25(9-7-24)27-18-29-28(10-12-30-34(29)21-27)32-16-14-31(15-17-32)19-23-4-3-5-23/h6-10,12,18,21-23,26H,3-5,11,13-17,19-20H2,1-2H3. The van der Waals surface area contributed by atoms with Gasteiger partial charge in [-0.05, 0) is 74.8 Å². The summed E-state index contributed by atoms with van der Waals surface area (Å²) in [5, 5.41) is 4.64. The maximum absolute atomic E-state index is 4.64. The predicted molar refractivity (Wildman–Crippen MR) is 141 cm³/mol. The van der Waals surface area contributed by atoms with Crippen LogP contribution in [0.5, 0.6) is 0 Å². The van der Waals surface area contributed by atoms with E-state index in [1.807, 2.05) is 6.20 Å². The van der Waals surface area contributed by atoms with E-state index in [0.717, 1.165) is 19.0 Å². The van der Waals surface area contributed by atoms with Gasteiger partial charge >= 0.3 is 0 Å². The molecule has 1 saturated carbocycles. The van der Waals surface area contributed by atoms with Gasteiger partial charge in [0.2, 0.25) is 0 Å². The molecule has 5 heteroatoms. The number of rotatable bonds is 6. The number of aromatic nitrogens is 2. The zero-order chi connectivity index (χ0) is 23.1. The monoisotopic (exact) mass is 457 g/mol. The first kappa shape index (κ1) is 22.1. The first-order valence-corrected chi connectivity index (χ1v) is 13.4. The molecule has 0 N–H and O–H groups in total. The van der Waals surface area contributed by atoms with E-state index in [9.17, 15) is 0 Å². The van der Waals surface area contributed by atoms with E-state index in [1.165, 1.54) is 86.3 Å². The minimum absolute atomic E-state index is 0.644. The molecule has 2 aromatic heterocycles. The van der Waals surface area contributed by atoms with E-state index in [4.69, 9.17) is 0 Å². The SMILES string of the molecule is CC(C)N1CCC(c2ccc(-c3cc4c(N5CCN(CC6CCC6)CC5)ccnn4c3)cc2)C1. The molecule has 2 saturated heterocycles. The normalized spacial score (nSPS) is 22.7. The summed E-state index contributed by atoms with van der Waals surface area (Å²) in [7, 11) is 0. The average molecular weight is 458 g/mol. The highest BCUT2D eigenvalue weighted by atomic mass is 15.3. The summed E-state index contributed by atoms with van der Waals surface area (Å²) in [4.78, 5) is 7.83. The van der Waals surface area contributed by atoms with Gasteiger partial charge in [-0.2, -0.15) is 5.10 Å². The summed E-state index contributed by atoms with van der Waals surface area (Å²) < 4.78 is 2.07. The second-order valence-corrected chi connectivity index (χ2v) is 11.1. The van der Waals surface area contributed by atoms with E-state index in [-0.39, 0.29) is 0 Å². The number of piperazine rings is 1. The van der Waals surface area contributed by atoms with Crippen molar-refractivity contribution in [2.24, 2.45) is 5.92 Å². The number of fused-ring (bicyclic) bond motifs is 1. The van der Waals surface area contributed by atoms with Crippen molar-refractivity contribution in [1.82, 2.24) is 19.4 Å². The van der Waals surface area contributed by atoms with Crippen LogP contribution in [0.2, 0.25) is 0 Å². The van der Waals surface area contributed by atoms with Crippen LogP contribution in [0.1, 0.15) is 51.0 Å². The van der Waals surface area contributed by atoms with Crippen LogP contribution >= 0.6 is 0 Å². The minimum Gasteiger partial charge on any atom is -0.367 e. The van der Waals surface area contributed by atoms with Crippen LogP contribution in [0.3, 0.4) is 0 Å². The highest BCUT2D eigenvalue weighted by molar-refractivity contribution is 5.80. The summed E-state index contributed by atoms with van der Waals surface area (Å²) in [5.41, 5.74) is 6.56. The quantitative estimate of drug-likeness (QED) is 0.513. The Kier molecular flexibility index (Phi) is 6.08. The summed E-state index contributed by atoms with van der Waals surface area (Å²) in [6, 6.07) is 14.5. The highest BCUT2D eigenvalue weighted by Gasteiger charge is 2.26. The minimum atomic E-state index is 0.644. The van der Waals surface area contributed by atoms with E-state index in [2.05, 4.69) is 80.8 Å². The topological polar surface area (TPSA) is 27.0 Å². The Morgan fingerprint density at radius 3 is 2.38 bits per heavy atom. The second-order valence-electron chi connectivity index (χ2n) is 11.1. The van der Waals surface area contributed by atoms with E-state index in [0.29, 0.717) is 12.0 Å². The average Bonchev–Trinajstić information content (AvgIpc) is 3.50. The molecule has 0 radical (unpaired) electrons. The number of likely N-dealkylation sites (tertiary alicyclic amines) is 1. The number of hydrogen-bond donors (Lipinski definition) is 0. The Morgan fingerprint density at radius 1 is 0.912 bits per heavy atom. The van der Waals surface area contributed by atoms with Gasteiger partial charge in [0.25, 0.3) is 0 Å². The molecule has 3 aromatic rings. The van der Waals surface area contributed by atoms with Crippen molar-refractivity contribution in [2.75, 3.05) is 50.7 Å². The Balaban J connectivity index is 1.16. The number of nitrogens with zero attached hydrogens (tertiary/aromatic N) is 5. The molecule has 6 rings (SSSR count). The molecule has 3 fully saturated rings. The van der Waals surface area contributed by atoms with Gasteiger partial charge in [-0.3, -0.25) is 4.90 Å². The Bertz CT molecular complexity index is 1110. The fourth-order valence-corrected chi connectivity index (χ4v) is 6.11. The van der Waals surface area contributed by atoms with Gasteiger partial charge in [0.05, 0.1) is 11.2 Å². The van der Waals surface area contributed by atoms with Crippen LogP contribution in [0.15, 0.2) is 48.8 Å². The molecule has 5 nitrogen and oxygen atoms in total. The third-order valence-corrected chi connectivity index (χ3v) is 8.61. The van der Waals surface area contributed by atoms with Crippen LogP contribution in [-0.2, 0) is 0 Å². The maximum Gasteiger partial charge on any atom is 0.0886 e. The van der Waals surface area contributed by atoms with Gasteiger partial charge in [-0.25, -0.2) is 4.52 Å².